The third kappa shape index (κ3) is 3.11. The summed E-state index contributed by atoms with van der Waals surface area (Å²) in [6.07, 6.45) is 2.71. The second-order valence-electron chi connectivity index (χ2n) is 8.40. The minimum atomic E-state index is 0.654. The number of benzene rings is 1. The lowest BCUT2D eigenvalue weighted by molar-refractivity contribution is 0.147. The Balaban J connectivity index is 1.25. The summed E-state index contributed by atoms with van der Waals surface area (Å²) in [7, 11) is 0. The molecule has 1 aromatic carbocycles. The van der Waals surface area contributed by atoms with Gasteiger partial charge in [-0.15, -0.1) is 0 Å². The number of hydrogen-bond donors (Lipinski definition) is 2. The standard InChI is InChI=1S/C23H25N7/c24-23-10-16-2-1-15(9-21(16)28-23)19-3-4-20-22(27-19)11-17(12-26-20)30-13-18(14-30)29-7-5-25-6-8-29/h1-4,9,11-12,18,25H,5-8,10,13-14H2,(H2,24,28). The number of amidine groups is 1. The summed E-state index contributed by atoms with van der Waals surface area (Å²) in [6.45, 7) is 6.63. The highest BCUT2D eigenvalue weighted by Crippen LogP contribution is 2.32. The number of piperazine rings is 1. The van der Waals surface area contributed by atoms with E-state index < -0.39 is 0 Å². The molecular weight excluding hydrogens is 374 g/mol. The number of aromatic nitrogens is 2. The molecule has 0 spiro atoms. The number of nitrogens with zero attached hydrogens (tertiary/aromatic N) is 5. The Morgan fingerprint density at radius 2 is 1.87 bits per heavy atom. The molecule has 3 aliphatic heterocycles. The first-order chi connectivity index (χ1) is 14.7. The van der Waals surface area contributed by atoms with Crippen LogP contribution in [-0.2, 0) is 6.42 Å². The molecule has 2 saturated heterocycles. The predicted molar refractivity (Wildman–Crippen MR) is 120 cm³/mol. The zero-order chi connectivity index (χ0) is 20.1. The molecule has 7 heteroatoms. The lowest BCUT2D eigenvalue weighted by atomic mass is 10.0. The fraction of sp³-hybridized carbons (Fsp3) is 0.348. The average Bonchev–Trinajstić information content (AvgIpc) is 3.12. The van der Waals surface area contributed by atoms with Crippen LogP contribution in [0.3, 0.4) is 0 Å². The van der Waals surface area contributed by atoms with Crippen molar-refractivity contribution in [3.8, 4) is 11.3 Å². The van der Waals surface area contributed by atoms with Gasteiger partial charge in [-0.3, -0.25) is 9.88 Å². The van der Waals surface area contributed by atoms with Gasteiger partial charge in [0.05, 0.1) is 34.3 Å². The van der Waals surface area contributed by atoms with E-state index in [1.54, 1.807) is 0 Å². The summed E-state index contributed by atoms with van der Waals surface area (Å²) < 4.78 is 0. The van der Waals surface area contributed by atoms with E-state index in [1.807, 2.05) is 18.3 Å². The molecule has 3 N–H and O–H groups in total. The molecule has 5 heterocycles. The number of nitrogens with two attached hydrogens (primary N) is 1. The molecule has 3 aromatic rings. The van der Waals surface area contributed by atoms with Gasteiger partial charge in [0.25, 0.3) is 0 Å². The van der Waals surface area contributed by atoms with Crippen LogP contribution in [0.25, 0.3) is 22.3 Å². The van der Waals surface area contributed by atoms with E-state index in [1.165, 1.54) is 5.56 Å². The van der Waals surface area contributed by atoms with Crippen LogP contribution in [0.5, 0.6) is 0 Å². The molecule has 0 aliphatic carbocycles. The van der Waals surface area contributed by atoms with Gasteiger partial charge in [-0.1, -0.05) is 12.1 Å². The molecule has 6 rings (SSSR count). The van der Waals surface area contributed by atoms with Crippen LogP contribution in [0, 0.1) is 0 Å². The van der Waals surface area contributed by atoms with Crippen molar-refractivity contribution in [1.29, 1.82) is 0 Å². The first-order valence-electron chi connectivity index (χ1n) is 10.7. The van der Waals surface area contributed by atoms with Crippen LogP contribution in [0.4, 0.5) is 11.4 Å². The molecule has 0 radical (unpaired) electrons. The zero-order valence-electron chi connectivity index (χ0n) is 16.9. The maximum Gasteiger partial charge on any atom is 0.104 e. The largest absolute Gasteiger partial charge is 0.387 e. The molecule has 2 aromatic heterocycles. The van der Waals surface area contributed by atoms with E-state index in [0.717, 1.165) is 79.4 Å². The molecular formula is C23H25N7. The second-order valence-corrected chi connectivity index (χ2v) is 8.40. The molecule has 7 nitrogen and oxygen atoms in total. The monoisotopic (exact) mass is 399 g/mol. The van der Waals surface area contributed by atoms with Crippen molar-refractivity contribution in [2.24, 2.45) is 10.7 Å². The van der Waals surface area contributed by atoms with Crippen LogP contribution in [0.1, 0.15) is 5.56 Å². The van der Waals surface area contributed by atoms with Gasteiger partial charge in [0.1, 0.15) is 5.84 Å². The molecule has 0 unspecified atom stereocenters. The summed E-state index contributed by atoms with van der Waals surface area (Å²) in [4.78, 5) is 19.0. The molecule has 2 fully saturated rings. The Labute approximate surface area is 175 Å². The Bertz CT molecular complexity index is 1140. The maximum absolute atomic E-state index is 5.88. The van der Waals surface area contributed by atoms with Crippen LogP contribution in [0.2, 0.25) is 0 Å². The molecule has 0 saturated carbocycles. The van der Waals surface area contributed by atoms with E-state index in [0.29, 0.717) is 11.9 Å². The van der Waals surface area contributed by atoms with Gasteiger partial charge in [-0.2, -0.15) is 0 Å². The van der Waals surface area contributed by atoms with E-state index in [2.05, 4.69) is 49.4 Å². The van der Waals surface area contributed by atoms with Gasteiger partial charge >= 0.3 is 0 Å². The number of rotatable bonds is 3. The van der Waals surface area contributed by atoms with Crippen molar-refractivity contribution in [3.05, 3.63) is 48.2 Å². The van der Waals surface area contributed by atoms with Gasteiger partial charge < -0.3 is 16.0 Å². The molecule has 3 aliphatic rings. The molecule has 30 heavy (non-hydrogen) atoms. The van der Waals surface area contributed by atoms with E-state index in [9.17, 15) is 0 Å². The minimum absolute atomic E-state index is 0.654. The van der Waals surface area contributed by atoms with Crippen LogP contribution in [0.15, 0.2) is 47.6 Å². The van der Waals surface area contributed by atoms with Crippen molar-refractivity contribution in [2.45, 2.75) is 12.5 Å². The number of nitrogens with one attached hydrogen (secondary N) is 1. The molecule has 0 amide bonds. The highest BCUT2D eigenvalue weighted by Gasteiger charge is 2.32. The summed E-state index contributed by atoms with van der Waals surface area (Å²) in [6, 6.07) is 13.2. The third-order valence-electron chi connectivity index (χ3n) is 6.44. The zero-order valence-corrected chi connectivity index (χ0v) is 16.9. The number of pyridine rings is 2. The highest BCUT2D eigenvalue weighted by molar-refractivity contribution is 5.92. The Hall–Kier alpha value is -3.03. The lowest BCUT2D eigenvalue weighted by Gasteiger charge is -2.47. The smallest absolute Gasteiger partial charge is 0.104 e. The van der Waals surface area contributed by atoms with E-state index in [4.69, 9.17) is 10.7 Å². The van der Waals surface area contributed by atoms with Crippen molar-refractivity contribution in [3.63, 3.8) is 0 Å². The molecule has 0 bridgehead atoms. The third-order valence-corrected chi connectivity index (χ3v) is 6.44. The SMILES string of the molecule is NC1=Nc2cc(-c3ccc4ncc(N5CC(N6CCNCC6)C5)cc4n3)ccc2C1. The van der Waals surface area contributed by atoms with Gasteiger partial charge in [-0.25, -0.2) is 9.98 Å². The highest BCUT2D eigenvalue weighted by atomic mass is 15.3. The van der Waals surface area contributed by atoms with Crippen molar-refractivity contribution < 1.29 is 0 Å². The fourth-order valence-electron chi connectivity index (χ4n) is 4.64. The summed E-state index contributed by atoms with van der Waals surface area (Å²) in [5, 5.41) is 3.43. The Kier molecular flexibility index (Phi) is 4.17. The summed E-state index contributed by atoms with van der Waals surface area (Å²) in [5.41, 5.74) is 13.0. The van der Waals surface area contributed by atoms with Gasteiger partial charge in [0, 0.05) is 57.3 Å². The minimum Gasteiger partial charge on any atom is -0.387 e. The topological polar surface area (TPSA) is 82.7 Å². The maximum atomic E-state index is 5.88. The predicted octanol–water partition coefficient (Wildman–Crippen LogP) is 1.94. The molecule has 152 valence electrons. The molecule has 0 atom stereocenters. The van der Waals surface area contributed by atoms with Crippen LogP contribution in [-0.4, -0.2) is 66.0 Å². The van der Waals surface area contributed by atoms with Crippen molar-refractivity contribution in [2.75, 3.05) is 44.2 Å². The average molecular weight is 400 g/mol. The van der Waals surface area contributed by atoms with Crippen LogP contribution < -0.4 is 16.0 Å². The second kappa shape index (κ2) is 7.04. The Morgan fingerprint density at radius 1 is 1.00 bits per heavy atom. The number of fused-ring (bicyclic) bond motifs is 2. The number of anilines is 1. The van der Waals surface area contributed by atoms with Gasteiger partial charge in [0.15, 0.2) is 0 Å². The fourth-order valence-corrected chi connectivity index (χ4v) is 4.64. The van der Waals surface area contributed by atoms with Gasteiger partial charge in [-0.05, 0) is 29.8 Å². The van der Waals surface area contributed by atoms with Crippen LogP contribution >= 0.6 is 0 Å². The van der Waals surface area contributed by atoms with Gasteiger partial charge in [0.2, 0.25) is 0 Å². The quantitative estimate of drug-likeness (QED) is 0.700. The normalized spacial score (nSPS) is 19.6. The van der Waals surface area contributed by atoms with Crippen molar-refractivity contribution in [1.82, 2.24) is 20.2 Å². The van der Waals surface area contributed by atoms with E-state index >= 15 is 0 Å². The summed E-state index contributed by atoms with van der Waals surface area (Å²) >= 11 is 0. The van der Waals surface area contributed by atoms with Crippen molar-refractivity contribution >= 4 is 28.2 Å². The number of aliphatic imine (C=N–C) groups is 1. The first-order valence-corrected chi connectivity index (χ1v) is 10.7. The number of hydrogen-bond acceptors (Lipinski definition) is 7. The summed E-state index contributed by atoms with van der Waals surface area (Å²) in [5.74, 6) is 0.677. The van der Waals surface area contributed by atoms with E-state index in [-0.39, 0.29) is 0 Å². The Morgan fingerprint density at radius 3 is 2.73 bits per heavy atom. The first kappa shape index (κ1) is 17.8. The lowest BCUT2D eigenvalue weighted by Crippen LogP contribution is -2.62.